The molecule has 0 fully saturated rings. The molecule has 0 aliphatic rings. The van der Waals surface area contributed by atoms with E-state index in [1.807, 2.05) is 48.7 Å². The zero-order valence-corrected chi connectivity index (χ0v) is 16.0. The number of ketones is 1. The molecule has 3 rings (SSSR count). The summed E-state index contributed by atoms with van der Waals surface area (Å²) < 4.78 is 0. The smallest absolute Gasteiger partial charge is 0.220 e. The van der Waals surface area contributed by atoms with Gasteiger partial charge in [-0.3, -0.25) is 14.6 Å². The zero-order valence-electron chi connectivity index (χ0n) is 15.1. The summed E-state index contributed by atoms with van der Waals surface area (Å²) in [5.41, 5.74) is 3.41. The second-order valence-corrected chi connectivity index (χ2v) is 7.06. The van der Waals surface area contributed by atoms with Crippen LogP contribution in [0.2, 0.25) is 0 Å². The number of carbonyl (C=O) groups excluding carboxylic acids is 2. The van der Waals surface area contributed by atoms with Crippen molar-refractivity contribution < 1.29 is 9.59 Å². The van der Waals surface area contributed by atoms with Gasteiger partial charge in [0.1, 0.15) is 5.01 Å². The molecule has 1 aromatic carbocycles. The molecule has 0 saturated carbocycles. The number of amides is 1. The van der Waals surface area contributed by atoms with Crippen LogP contribution in [-0.2, 0) is 11.2 Å². The highest BCUT2D eigenvalue weighted by molar-refractivity contribution is 7.13. The number of aryl methyl sites for hydroxylation is 1. The summed E-state index contributed by atoms with van der Waals surface area (Å²) in [6, 6.07) is 13.2. The Bertz CT molecular complexity index is 922. The van der Waals surface area contributed by atoms with Crippen LogP contribution >= 0.6 is 11.3 Å². The molecule has 3 aromatic rings. The first-order valence-corrected chi connectivity index (χ1v) is 9.73. The van der Waals surface area contributed by atoms with Crippen molar-refractivity contribution in [3.05, 3.63) is 70.9 Å². The number of aromatic nitrogens is 2. The molecular formula is C21H21N3O2S. The topological polar surface area (TPSA) is 72.0 Å². The number of pyridine rings is 1. The van der Waals surface area contributed by atoms with Crippen LogP contribution in [0.4, 0.5) is 0 Å². The van der Waals surface area contributed by atoms with Gasteiger partial charge in [0.05, 0.1) is 11.4 Å². The van der Waals surface area contributed by atoms with Crippen molar-refractivity contribution >= 4 is 23.0 Å². The van der Waals surface area contributed by atoms with E-state index in [-0.39, 0.29) is 24.5 Å². The first-order valence-electron chi connectivity index (χ1n) is 8.85. The Balaban J connectivity index is 1.42. The van der Waals surface area contributed by atoms with Gasteiger partial charge in [0.25, 0.3) is 0 Å². The van der Waals surface area contributed by atoms with Gasteiger partial charge in [-0.25, -0.2) is 4.98 Å². The van der Waals surface area contributed by atoms with Gasteiger partial charge in [0, 0.05) is 42.9 Å². The van der Waals surface area contributed by atoms with Crippen molar-refractivity contribution in [2.75, 3.05) is 6.54 Å². The maximum absolute atomic E-state index is 12.2. The molecule has 5 nitrogen and oxygen atoms in total. The Morgan fingerprint density at radius 1 is 1.07 bits per heavy atom. The second-order valence-electron chi connectivity index (χ2n) is 6.20. The molecule has 0 spiro atoms. The highest BCUT2D eigenvalue weighted by Crippen LogP contribution is 2.21. The number of nitrogens with zero attached hydrogens (tertiary/aromatic N) is 2. The number of carbonyl (C=O) groups is 2. The maximum atomic E-state index is 12.2. The average Bonchev–Trinajstić information content (AvgIpc) is 3.16. The third-order valence-corrected chi connectivity index (χ3v) is 5.08. The Morgan fingerprint density at radius 3 is 2.67 bits per heavy atom. The van der Waals surface area contributed by atoms with Crippen LogP contribution in [-0.4, -0.2) is 28.2 Å². The first kappa shape index (κ1) is 18.9. The molecule has 6 heteroatoms. The molecule has 27 heavy (non-hydrogen) atoms. The van der Waals surface area contributed by atoms with Gasteiger partial charge in [-0.2, -0.15) is 0 Å². The summed E-state index contributed by atoms with van der Waals surface area (Å²) in [6.45, 7) is 2.41. The van der Waals surface area contributed by atoms with Gasteiger partial charge in [-0.15, -0.1) is 11.3 Å². The number of thiazole rings is 1. The fourth-order valence-electron chi connectivity index (χ4n) is 2.69. The van der Waals surface area contributed by atoms with Crippen molar-refractivity contribution in [3.8, 4) is 10.7 Å². The Labute approximate surface area is 162 Å². The minimum Gasteiger partial charge on any atom is -0.356 e. The summed E-state index contributed by atoms with van der Waals surface area (Å²) in [4.78, 5) is 33.0. The predicted molar refractivity (Wildman–Crippen MR) is 107 cm³/mol. The first-order chi connectivity index (χ1) is 13.1. The van der Waals surface area contributed by atoms with E-state index in [9.17, 15) is 9.59 Å². The van der Waals surface area contributed by atoms with Crippen LogP contribution in [0.1, 0.15) is 34.5 Å². The molecule has 0 atom stereocenters. The van der Waals surface area contributed by atoms with Crippen molar-refractivity contribution in [3.63, 3.8) is 0 Å². The van der Waals surface area contributed by atoms with Crippen molar-refractivity contribution in [2.24, 2.45) is 0 Å². The maximum Gasteiger partial charge on any atom is 0.220 e. The van der Waals surface area contributed by atoms with E-state index < -0.39 is 0 Å². The van der Waals surface area contributed by atoms with E-state index in [1.54, 1.807) is 23.6 Å². The zero-order chi connectivity index (χ0) is 19.1. The second kappa shape index (κ2) is 9.19. The molecule has 2 aromatic heterocycles. The molecule has 2 heterocycles. The molecule has 138 valence electrons. The third-order valence-electron chi connectivity index (χ3n) is 4.16. The standard InChI is InChI=1S/C21H21N3O2S/c1-15-6-2-3-7-17(15)19(25)9-10-20(26)23-13-11-16-14-27-21(24-16)18-8-4-5-12-22-18/h2-8,12,14H,9-11,13H2,1H3,(H,23,26). The monoisotopic (exact) mass is 379 g/mol. The van der Waals surface area contributed by atoms with Crippen molar-refractivity contribution in [1.82, 2.24) is 15.3 Å². The number of Topliss-reactive ketones (excluding diaryl/α,β-unsaturated/α-hetero) is 1. The van der Waals surface area contributed by atoms with Crippen LogP contribution in [0.5, 0.6) is 0 Å². The predicted octanol–water partition coefficient (Wildman–Crippen LogP) is 3.84. The summed E-state index contributed by atoms with van der Waals surface area (Å²) in [6.07, 6.45) is 2.82. The van der Waals surface area contributed by atoms with Gasteiger partial charge in [0.15, 0.2) is 5.78 Å². The van der Waals surface area contributed by atoms with Crippen LogP contribution in [0.15, 0.2) is 54.0 Å². The normalized spacial score (nSPS) is 10.6. The fraction of sp³-hybridized carbons (Fsp3) is 0.238. The lowest BCUT2D eigenvalue weighted by atomic mass is 10.0. The molecule has 0 unspecified atom stereocenters. The Hall–Kier alpha value is -2.86. The highest BCUT2D eigenvalue weighted by atomic mass is 32.1. The average molecular weight is 379 g/mol. The van der Waals surface area contributed by atoms with Gasteiger partial charge >= 0.3 is 0 Å². The highest BCUT2D eigenvalue weighted by Gasteiger charge is 2.11. The van der Waals surface area contributed by atoms with Crippen molar-refractivity contribution in [2.45, 2.75) is 26.2 Å². The molecule has 0 aliphatic carbocycles. The number of hydrogen-bond acceptors (Lipinski definition) is 5. The van der Waals surface area contributed by atoms with E-state index in [0.717, 1.165) is 22.0 Å². The largest absolute Gasteiger partial charge is 0.356 e. The lowest BCUT2D eigenvalue weighted by molar-refractivity contribution is -0.121. The molecule has 0 radical (unpaired) electrons. The lowest BCUT2D eigenvalue weighted by Crippen LogP contribution is -2.26. The van der Waals surface area contributed by atoms with Crippen LogP contribution < -0.4 is 5.32 Å². The number of nitrogens with one attached hydrogen (secondary N) is 1. The quantitative estimate of drug-likeness (QED) is 0.604. The molecule has 0 aliphatic heterocycles. The summed E-state index contributed by atoms with van der Waals surface area (Å²) >= 11 is 1.54. The Morgan fingerprint density at radius 2 is 1.89 bits per heavy atom. The SMILES string of the molecule is Cc1ccccc1C(=O)CCC(=O)NCCc1csc(-c2ccccn2)n1. The molecule has 1 N–H and O–H groups in total. The minimum atomic E-state index is -0.114. The van der Waals surface area contributed by atoms with E-state index in [4.69, 9.17) is 0 Å². The van der Waals surface area contributed by atoms with E-state index in [2.05, 4.69) is 15.3 Å². The van der Waals surface area contributed by atoms with Gasteiger partial charge in [-0.1, -0.05) is 30.3 Å². The molecular weight excluding hydrogens is 358 g/mol. The number of rotatable bonds is 8. The molecule has 1 amide bonds. The summed E-state index contributed by atoms with van der Waals surface area (Å²) in [7, 11) is 0. The van der Waals surface area contributed by atoms with Crippen LogP contribution in [0, 0.1) is 6.92 Å². The van der Waals surface area contributed by atoms with Gasteiger partial charge in [-0.05, 0) is 24.6 Å². The number of hydrogen-bond donors (Lipinski definition) is 1. The molecule has 0 saturated heterocycles. The van der Waals surface area contributed by atoms with Gasteiger partial charge < -0.3 is 5.32 Å². The third kappa shape index (κ3) is 5.31. The van der Waals surface area contributed by atoms with Crippen molar-refractivity contribution in [1.29, 1.82) is 0 Å². The van der Waals surface area contributed by atoms with E-state index in [0.29, 0.717) is 18.5 Å². The lowest BCUT2D eigenvalue weighted by Gasteiger charge is -2.06. The minimum absolute atomic E-state index is 0.00255. The number of benzene rings is 1. The summed E-state index contributed by atoms with van der Waals surface area (Å²) in [5, 5.41) is 5.72. The van der Waals surface area contributed by atoms with E-state index in [1.165, 1.54) is 0 Å². The van der Waals surface area contributed by atoms with Gasteiger partial charge in [0.2, 0.25) is 5.91 Å². The van der Waals surface area contributed by atoms with E-state index >= 15 is 0 Å². The fourth-order valence-corrected chi connectivity index (χ4v) is 3.52. The van der Waals surface area contributed by atoms with Crippen LogP contribution in [0.25, 0.3) is 10.7 Å². The Kier molecular flexibility index (Phi) is 6.44. The summed E-state index contributed by atoms with van der Waals surface area (Å²) in [5.74, 6) is -0.111. The van der Waals surface area contributed by atoms with Crippen LogP contribution in [0.3, 0.4) is 0 Å². The molecule has 0 bridgehead atoms.